The quantitative estimate of drug-likeness (QED) is 0.362. The molecule has 2 aromatic heterocycles. The number of carbonyl (C=O) groups excluding carboxylic acids is 1. The first kappa shape index (κ1) is 21.4. The SMILES string of the molecule is CCOC(=O)CCCOc1cc(C)c2nc(C)n(Cc3ncc(Cl)cc3Cl)c2c1. The largest absolute Gasteiger partial charge is 0.493 e. The van der Waals surface area contributed by atoms with E-state index in [9.17, 15) is 4.79 Å². The third kappa shape index (κ3) is 5.19. The average molecular weight is 436 g/mol. The Balaban J connectivity index is 1.80. The molecule has 0 amide bonds. The summed E-state index contributed by atoms with van der Waals surface area (Å²) in [5.74, 6) is 1.38. The minimum Gasteiger partial charge on any atom is -0.493 e. The number of esters is 1. The van der Waals surface area contributed by atoms with Gasteiger partial charge in [-0.2, -0.15) is 0 Å². The zero-order valence-electron chi connectivity index (χ0n) is 16.7. The van der Waals surface area contributed by atoms with Gasteiger partial charge in [0.15, 0.2) is 0 Å². The number of ether oxygens (including phenoxy) is 2. The first-order valence-corrected chi connectivity index (χ1v) is 10.2. The highest BCUT2D eigenvalue weighted by Gasteiger charge is 2.14. The van der Waals surface area contributed by atoms with Crippen LogP contribution in [0.5, 0.6) is 5.75 Å². The van der Waals surface area contributed by atoms with Gasteiger partial charge in [-0.1, -0.05) is 23.2 Å². The molecule has 0 atom stereocenters. The van der Waals surface area contributed by atoms with Crippen molar-refractivity contribution in [3.05, 3.63) is 51.5 Å². The average Bonchev–Trinajstić information content (AvgIpc) is 2.97. The molecular formula is C21H23Cl2N3O3. The van der Waals surface area contributed by atoms with Gasteiger partial charge < -0.3 is 14.0 Å². The molecule has 6 nitrogen and oxygen atoms in total. The van der Waals surface area contributed by atoms with E-state index >= 15 is 0 Å². The maximum Gasteiger partial charge on any atom is 0.305 e. The van der Waals surface area contributed by atoms with Gasteiger partial charge >= 0.3 is 5.97 Å². The van der Waals surface area contributed by atoms with E-state index in [1.54, 1.807) is 19.2 Å². The van der Waals surface area contributed by atoms with Crippen LogP contribution in [0.25, 0.3) is 11.0 Å². The maximum atomic E-state index is 11.4. The van der Waals surface area contributed by atoms with Crippen molar-refractivity contribution in [3.63, 3.8) is 0 Å². The topological polar surface area (TPSA) is 66.2 Å². The van der Waals surface area contributed by atoms with Crippen molar-refractivity contribution in [1.29, 1.82) is 0 Å². The normalized spacial score (nSPS) is 11.1. The van der Waals surface area contributed by atoms with Crippen molar-refractivity contribution in [2.45, 2.75) is 40.2 Å². The molecule has 0 bridgehead atoms. The van der Waals surface area contributed by atoms with Crippen LogP contribution in [-0.4, -0.2) is 33.7 Å². The highest BCUT2D eigenvalue weighted by atomic mass is 35.5. The van der Waals surface area contributed by atoms with Crippen molar-refractivity contribution in [2.24, 2.45) is 0 Å². The second-order valence-electron chi connectivity index (χ2n) is 6.69. The summed E-state index contributed by atoms with van der Waals surface area (Å²) in [6.07, 6.45) is 2.52. The van der Waals surface area contributed by atoms with E-state index in [0.717, 1.165) is 33.9 Å². The Hall–Kier alpha value is -2.31. The van der Waals surface area contributed by atoms with Crippen LogP contribution in [0.2, 0.25) is 10.0 Å². The van der Waals surface area contributed by atoms with E-state index in [4.69, 9.17) is 32.7 Å². The molecule has 0 spiro atoms. The van der Waals surface area contributed by atoms with E-state index in [1.807, 2.05) is 26.0 Å². The molecule has 29 heavy (non-hydrogen) atoms. The van der Waals surface area contributed by atoms with Crippen molar-refractivity contribution < 1.29 is 14.3 Å². The van der Waals surface area contributed by atoms with Crippen LogP contribution in [0.15, 0.2) is 24.4 Å². The minimum atomic E-state index is -0.205. The zero-order chi connectivity index (χ0) is 21.0. The summed E-state index contributed by atoms with van der Waals surface area (Å²) in [5.41, 5.74) is 3.58. The number of carbonyl (C=O) groups is 1. The summed E-state index contributed by atoms with van der Waals surface area (Å²) >= 11 is 12.3. The Kier molecular flexibility index (Phi) is 6.98. The molecule has 2 heterocycles. The number of benzene rings is 1. The number of aromatic nitrogens is 3. The van der Waals surface area contributed by atoms with E-state index in [-0.39, 0.29) is 5.97 Å². The van der Waals surface area contributed by atoms with Gasteiger partial charge in [-0.25, -0.2) is 4.98 Å². The molecule has 0 aliphatic rings. The zero-order valence-corrected chi connectivity index (χ0v) is 18.2. The van der Waals surface area contributed by atoms with E-state index in [1.165, 1.54) is 0 Å². The van der Waals surface area contributed by atoms with Crippen molar-refractivity contribution in [1.82, 2.24) is 14.5 Å². The van der Waals surface area contributed by atoms with Gasteiger partial charge in [-0.3, -0.25) is 9.78 Å². The van der Waals surface area contributed by atoms with Crippen molar-refractivity contribution >= 4 is 40.2 Å². The van der Waals surface area contributed by atoms with Gasteiger partial charge in [0, 0.05) is 18.7 Å². The Bertz CT molecular complexity index is 1030. The van der Waals surface area contributed by atoms with Crippen LogP contribution in [0.1, 0.15) is 36.8 Å². The summed E-state index contributed by atoms with van der Waals surface area (Å²) < 4.78 is 12.9. The third-order valence-electron chi connectivity index (χ3n) is 4.50. The molecule has 3 rings (SSSR count). The van der Waals surface area contributed by atoms with E-state index in [2.05, 4.69) is 14.5 Å². The smallest absolute Gasteiger partial charge is 0.305 e. The minimum absolute atomic E-state index is 0.205. The van der Waals surface area contributed by atoms with Crippen LogP contribution in [0, 0.1) is 13.8 Å². The molecule has 0 fully saturated rings. The van der Waals surface area contributed by atoms with Gasteiger partial charge in [0.2, 0.25) is 0 Å². The lowest BCUT2D eigenvalue weighted by Gasteiger charge is -2.11. The Morgan fingerprint density at radius 2 is 2.00 bits per heavy atom. The van der Waals surface area contributed by atoms with Crippen molar-refractivity contribution in [3.8, 4) is 5.75 Å². The molecule has 0 saturated carbocycles. The number of aryl methyl sites for hydroxylation is 2. The molecule has 0 radical (unpaired) electrons. The van der Waals surface area contributed by atoms with Gasteiger partial charge in [0.1, 0.15) is 11.6 Å². The first-order valence-electron chi connectivity index (χ1n) is 9.45. The monoisotopic (exact) mass is 435 g/mol. The first-order chi connectivity index (χ1) is 13.9. The summed E-state index contributed by atoms with van der Waals surface area (Å²) in [5, 5.41) is 1.02. The predicted molar refractivity (Wildman–Crippen MR) is 114 cm³/mol. The lowest BCUT2D eigenvalue weighted by Crippen LogP contribution is -2.07. The Labute approximate surface area is 179 Å². The molecule has 0 aliphatic carbocycles. The fourth-order valence-corrected chi connectivity index (χ4v) is 3.55. The second-order valence-corrected chi connectivity index (χ2v) is 7.54. The molecule has 0 aliphatic heterocycles. The summed E-state index contributed by atoms with van der Waals surface area (Å²) in [7, 11) is 0. The highest BCUT2D eigenvalue weighted by molar-refractivity contribution is 6.34. The lowest BCUT2D eigenvalue weighted by molar-refractivity contribution is -0.143. The van der Waals surface area contributed by atoms with Gasteiger partial charge in [0.25, 0.3) is 0 Å². The van der Waals surface area contributed by atoms with Crippen LogP contribution >= 0.6 is 23.2 Å². The Morgan fingerprint density at radius 3 is 2.72 bits per heavy atom. The molecule has 3 aromatic rings. The number of imidazole rings is 1. The van der Waals surface area contributed by atoms with Gasteiger partial charge in [-0.15, -0.1) is 0 Å². The van der Waals surface area contributed by atoms with E-state index in [0.29, 0.717) is 42.6 Å². The molecule has 0 saturated heterocycles. The molecule has 0 N–H and O–H groups in total. The predicted octanol–water partition coefficient (Wildman–Crippen LogP) is 5.13. The number of hydrogen-bond donors (Lipinski definition) is 0. The molecule has 0 unspecified atom stereocenters. The number of rotatable bonds is 8. The molecule has 8 heteroatoms. The third-order valence-corrected chi connectivity index (χ3v) is 5.03. The number of hydrogen-bond acceptors (Lipinski definition) is 5. The molecule has 154 valence electrons. The highest BCUT2D eigenvalue weighted by Crippen LogP contribution is 2.28. The van der Waals surface area contributed by atoms with Crippen LogP contribution < -0.4 is 4.74 Å². The number of pyridine rings is 1. The number of halogens is 2. The second kappa shape index (κ2) is 9.46. The number of nitrogens with zero attached hydrogens (tertiary/aromatic N) is 3. The van der Waals surface area contributed by atoms with Gasteiger partial charge in [-0.05, 0) is 44.9 Å². The Morgan fingerprint density at radius 1 is 1.21 bits per heavy atom. The van der Waals surface area contributed by atoms with Crippen molar-refractivity contribution in [2.75, 3.05) is 13.2 Å². The van der Waals surface area contributed by atoms with Crippen LogP contribution in [-0.2, 0) is 16.1 Å². The molecule has 1 aromatic carbocycles. The van der Waals surface area contributed by atoms with Crippen LogP contribution in [0.3, 0.4) is 0 Å². The fraction of sp³-hybridized carbons (Fsp3) is 0.381. The van der Waals surface area contributed by atoms with Gasteiger partial charge in [0.05, 0.1) is 46.5 Å². The summed E-state index contributed by atoms with van der Waals surface area (Å²) in [6, 6.07) is 5.59. The maximum absolute atomic E-state index is 11.4. The fourth-order valence-electron chi connectivity index (χ4n) is 3.11. The standard InChI is InChI=1S/C21H23Cl2N3O3/c1-4-28-20(27)6-5-7-29-16-8-13(2)21-19(10-16)26(14(3)25-21)12-18-17(23)9-15(22)11-24-18/h8-11H,4-7,12H2,1-3H3. The summed E-state index contributed by atoms with van der Waals surface area (Å²) in [4.78, 5) is 20.5. The summed E-state index contributed by atoms with van der Waals surface area (Å²) in [6.45, 7) is 7.04. The van der Waals surface area contributed by atoms with E-state index < -0.39 is 0 Å². The number of fused-ring (bicyclic) bond motifs is 1. The molecular weight excluding hydrogens is 413 g/mol. The van der Waals surface area contributed by atoms with Crippen LogP contribution in [0.4, 0.5) is 0 Å². The lowest BCUT2D eigenvalue weighted by atomic mass is 10.2.